The van der Waals surface area contributed by atoms with Crippen molar-refractivity contribution in [2.45, 2.75) is 34.1 Å². The molecule has 3 nitrogen and oxygen atoms in total. The second kappa shape index (κ2) is 4.82. The number of benzene rings is 1. The van der Waals surface area contributed by atoms with Crippen LogP contribution in [0.3, 0.4) is 0 Å². The van der Waals surface area contributed by atoms with Crippen molar-refractivity contribution in [1.82, 2.24) is 0 Å². The molecule has 1 aromatic carbocycles. The van der Waals surface area contributed by atoms with E-state index in [1.165, 1.54) is 0 Å². The van der Waals surface area contributed by atoms with Crippen LogP contribution in [0.25, 0.3) is 0 Å². The summed E-state index contributed by atoms with van der Waals surface area (Å²) >= 11 is 0. The third-order valence-electron chi connectivity index (χ3n) is 4.00. The number of hydrogen-bond donors (Lipinski definition) is 2. The van der Waals surface area contributed by atoms with Gasteiger partial charge in [-0.3, -0.25) is 4.79 Å². The molecule has 3 heteroatoms. The number of rotatable bonds is 2. The van der Waals surface area contributed by atoms with E-state index in [0.717, 1.165) is 22.4 Å². The molecule has 0 saturated heterocycles. The van der Waals surface area contributed by atoms with Gasteiger partial charge in [-0.2, -0.15) is 0 Å². The van der Waals surface area contributed by atoms with Crippen LogP contribution in [0.5, 0.6) is 0 Å². The topological polar surface area (TPSA) is 69.1 Å². The van der Waals surface area contributed by atoms with Crippen LogP contribution >= 0.6 is 0 Å². The summed E-state index contributed by atoms with van der Waals surface area (Å²) < 4.78 is 0. The van der Waals surface area contributed by atoms with Crippen molar-refractivity contribution < 1.29 is 4.79 Å². The largest absolute Gasteiger partial charge is 0.401 e. The fourth-order valence-corrected chi connectivity index (χ4v) is 2.64. The number of allylic oxidation sites excluding steroid dienone is 4. The van der Waals surface area contributed by atoms with Crippen molar-refractivity contribution in [3.8, 4) is 0 Å². The van der Waals surface area contributed by atoms with Gasteiger partial charge >= 0.3 is 0 Å². The first-order valence-corrected chi connectivity index (χ1v) is 6.80. The lowest BCUT2D eigenvalue weighted by Gasteiger charge is -2.31. The second-order valence-corrected chi connectivity index (χ2v) is 6.23. The molecule has 0 atom stereocenters. The standard InChI is InChI=1S/C17H22N2O/c1-10-7-12(5-6-14(10)18)15(20)13-8-11(2)16(19)17(3,4)9-13/h5-8H,9,18-19H2,1-4H3. The van der Waals surface area contributed by atoms with Gasteiger partial charge in [-0.15, -0.1) is 0 Å². The van der Waals surface area contributed by atoms with E-state index in [4.69, 9.17) is 11.5 Å². The summed E-state index contributed by atoms with van der Waals surface area (Å²) in [5.41, 5.74) is 16.7. The molecule has 0 aliphatic heterocycles. The number of nitrogen functional groups attached to an aromatic ring is 1. The molecule has 0 saturated carbocycles. The molecule has 2 rings (SSSR count). The third-order valence-corrected chi connectivity index (χ3v) is 4.00. The van der Waals surface area contributed by atoms with Gasteiger partial charge in [0.1, 0.15) is 0 Å². The van der Waals surface area contributed by atoms with E-state index in [1.807, 2.05) is 26.0 Å². The van der Waals surface area contributed by atoms with E-state index >= 15 is 0 Å². The van der Waals surface area contributed by atoms with Gasteiger partial charge in [-0.25, -0.2) is 0 Å². The first-order valence-electron chi connectivity index (χ1n) is 6.80. The van der Waals surface area contributed by atoms with Gasteiger partial charge in [-0.1, -0.05) is 19.9 Å². The van der Waals surface area contributed by atoms with Gasteiger partial charge in [0.2, 0.25) is 0 Å². The lowest BCUT2D eigenvalue weighted by molar-refractivity contribution is 0.102. The second-order valence-electron chi connectivity index (χ2n) is 6.23. The molecule has 0 aromatic heterocycles. The zero-order chi connectivity index (χ0) is 15.1. The summed E-state index contributed by atoms with van der Waals surface area (Å²) in [6.45, 7) is 8.01. The van der Waals surface area contributed by atoms with E-state index in [2.05, 4.69) is 13.8 Å². The number of hydrogen-bond acceptors (Lipinski definition) is 3. The van der Waals surface area contributed by atoms with E-state index in [1.54, 1.807) is 12.1 Å². The number of aryl methyl sites for hydroxylation is 1. The lowest BCUT2D eigenvalue weighted by Crippen LogP contribution is -2.27. The minimum absolute atomic E-state index is 0.0630. The van der Waals surface area contributed by atoms with Crippen LogP contribution in [0, 0.1) is 12.3 Å². The smallest absolute Gasteiger partial charge is 0.189 e. The summed E-state index contributed by atoms with van der Waals surface area (Å²) in [7, 11) is 0. The van der Waals surface area contributed by atoms with Gasteiger partial charge in [0, 0.05) is 27.9 Å². The van der Waals surface area contributed by atoms with Crippen molar-refractivity contribution in [2.24, 2.45) is 11.1 Å². The molecule has 1 aromatic rings. The van der Waals surface area contributed by atoms with Crippen LogP contribution in [0.1, 0.15) is 43.1 Å². The molecule has 0 amide bonds. The maximum Gasteiger partial charge on any atom is 0.189 e. The number of Topliss-reactive ketones (excluding diaryl/α,β-unsaturated/α-hetero) is 1. The average molecular weight is 270 g/mol. The van der Waals surface area contributed by atoms with E-state index < -0.39 is 0 Å². The van der Waals surface area contributed by atoms with Gasteiger partial charge < -0.3 is 11.5 Å². The quantitative estimate of drug-likeness (QED) is 0.639. The zero-order valence-electron chi connectivity index (χ0n) is 12.6. The Balaban J connectivity index is 2.40. The molecular weight excluding hydrogens is 248 g/mol. The molecule has 106 valence electrons. The number of nitrogens with two attached hydrogens (primary N) is 2. The normalized spacial score (nSPS) is 17.9. The van der Waals surface area contributed by atoms with E-state index in [0.29, 0.717) is 17.7 Å². The van der Waals surface area contributed by atoms with Crippen molar-refractivity contribution in [2.75, 3.05) is 5.73 Å². The van der Waals surface area contributed by atoms with Crippen molar-refractivity contribution in [1.29, 1.82) is 0 Å². The summed E-state index contributed by atoms with van der Waals surface area (Å²) in [4.78, 5) is 12.6. The Bertz CT molecular complexity index is 636. The van der Waals surface area contributed by atoms with E-state index in [9.17, 15) is 4.79 Å². The number of carbonyl (C=O) groups is 1. The monoisotopic (exact) mass is 270 g/mol. The summed E-state index contributed by atoms with van der Waals surface area (Å²) in [5, 5.41) is 0. The average Bonchev–Trinajstić information content (AvgIpc) is 2.37. The molecule has 0 bridgehead atoms. The molecular formula is C17H22N2O. The van der Waals surface area contributed by atoms with Crippen molar-refractivity contribution in [3.63, 3.8) is 0 Å². The lowest BCUT2D eigenvalue weighted by atomic mass is 9.75. The minimum Gasteiger partial charge on any atom is -0.401 e. The van der Waals surface area contributed by atoms with E-state index in [-0.39, 0.29) is 11.2 Å². The maximum atomic E-state index is 12.6. The molecule has 0 unspecified atom stereocenters. The molecule has 0 radical (unpaired) electrons. The van der Waals surface area contributed by atoms with Gasteiger partial charge in [0.25, 0.3) is 0 Å². The molecule has 0 spiro atoms. The highest BCUT2D eigenvalue weighted by Crippen LogP contribution is 2.38. The number of ketones is 1. The molecule has 0 heterocycles. The Labute approximate surface area is 120 Å². The minimum atomic E-state index is -0.174. The predicted molar refractivity (Wildman–Crippen MR) is 83.3 cm³/mol. The highest BCUT2D eigenvalue weighted by Gasteiger charge is 2.30. The van der Waals surface area contributed by atoms with Gasteiger partial charge in [0.15, 0.2) is 5.78 Å². The molecule has 1 aliphatic carbocycles. The third kappa shape index (κ3) is 2.48. The highest BCUT2D eigenvalue weighted by atomic mass is 16.1. The van der Waals surface area contributed by atoms with Crippen LogP contribution in [-0.2, 0) is 0 Å². The van der Waals surface area contributed by atoms with Crippen LogP contribution in [0.15, 0.2) is 41.1 Å². The zero-order valence-corrected chi connectivity index (χ0v) is 12.6. The fourth-order valence-electron chi connectivity index (χ4n) is 2.64. The van der Waals surface area contributed by atoms with Crippen LogP contribution in [-0.4, -0.2) is 5.78 Å². The molecule has 20 heavy (non-hydrogen) atoms. The molecule has 1 aliphatic rings. The van der Waals surface area contributed by atoms with Gasteiger partial charge in [0.05, 0.1) is 0 Å². The van der Waals surface area contributed by atoms with Crippen LogP contribution in [0.2, 0.25) is 0 Å². The Kier molecular flexibility index (Phi) is 3.46. The predicted octanol–water partition coefficient (Wildman–Crippen LogP) is 3.35. The Hall–Kier alpha value is -2.03. The Morgan fingerprint density at radius 1 is 1.20 bits per heavy atom. The fraction of sp³-hybridized carbons (Fsp3) is 0.353. The number of carbonyl (C=O) groups excluding carboxylic acids is 1. The van der Waals surface area contributed by atoms with Gasteiger partial charge in [-0.05, 0) is 49.6 Å². The van der Waals surface area contributed by atoms with Crippen molar-refractivity contribution in [3.05, 3.63) is 52.2 Å². The molecule has 0 fully saturated rings. The highest BCUT2D eigenvalue weighted by molar-refractivity contribution is 6.09. The molecule has 4 N–H and O–H groups in total. The summed E-state index contributed by atoms with van der Waals surface area (Å²) in [6, 6.07) is 5.42. The first kappa shape index (κ1) is 14.4. The Morgan fingerprint density at radius 3 is 2.40 bits per heavy atom. The first-order chi connectivity index (χ1) is 9.22. The van der Waals surface area contributed by atoms with Crippen LogP contribution < -0.4 is 11.5 Å². The summed E-state index contributed by atoms with van der Waals surface area (Å²) in [5.74, 6) is 0.0630. The summed E-state index contributed by atoms with van der Waals surface area (Å²) in [6.07, 6.45) is 2.58. The van der Waals surface area contributed by atoms with Crippen LogP contribution in [0.4, 0.5) is 5.69 Å². The number of anilines is 1. The Morgan fingerprint density at radius 2 is 1.85 bits per heavy atom. The van der Waals surface area contributed by atoms with Crippen molar-refractivity contribution >= 4 is 11.5 Å². The SMILES string of the molecule is CC1=C(N)C(C)(C)CC(C(=O)c2ccc(N)c(C)c2)=C1. The maximum absolute atomic E-state index is 12.6.